The first-order valence-corrected chi connectivity index (χ1v) is 10.1. The summed E-state index contributed by atoms with van der Waals surface area (Å²) in [5.74, 6) is -2.49. The van der Waals surface area contributed by atoms with Crippen LogP contribution in [-0.2, 0) is 14.6 Å². The molecule has 3 rings (SSSR count). The summed E-state index contributed by atoms with van der Waals surface area (Å²) in [6.07, 6.45) is -0.275. The molecule has 5 nitrogen and oxygen atoms in total. The van der Waals surface area contributed by atoms with Crippen LogP contribution in [0.25, 0.3) is 10.2 Å². The molecule has 0 spiro atoms. The first-order chi connectivity index (χ1) is 12.2. The number of carbonyl (C=O) groups is 1. The number of hydrogen-bond acceptors (Lipinski definition) is 5. The highest BCUT2D eigenvalue weighted by Gasteiger charge is 2.18. The molecule has 0 radical (unpaired) electrons. The third-order valence-corrected chi connectivity index (χ3v) is 6.29. The maximum atomic E-state index is 13.6. The van der Waals surface area contributed by atoms with Crippen molar-refractivity contribution in [2.45, 2.75) is 18.2 Å². The fraction of sp³-hybridized carbons (Fsp3) is 0.176. The van der Waals surface area contributed by atoms with E-state index in [-0.39, 0.29) is 32.4 Å². The van der Waals surface area contributed by atoms with Crippen molar-refractivity contribution in [3.8, 4) is 0 Å². The van der Waals surface area contributed by atoms with E-state index in [9.17, 15) is 22.0 Å². The van der Waals surface area contributed by atoms with Crippen LogP contribution in [-0.4, -0.2) is 25.1 Å². The van der Waals surface area contributed by atoms with Crippen molar-refractivity contribution in [2.75, 3.05) is 11.1 Å². The fourth-order valence-corrected chi connectivity index (χ4v) is 4.44. The lowest BCUT2D eigenvalue weighted by Crippen LogP contribution is -2.17. The van der Waals surface area contributed by atoms with Gasteiger partial charge in [0.05, 0.1) is 15.3 Å². The van der Waals surface area contributed by atoms with E-state index in [4.69, 9.17) is 0 Å². The van der Waals surface area contributed by atoms with Crippen LogP contribution in [0.5, 0.6) is 0 Å². The molecule has 0 atom stereocenters. The van der Waals surface area contributed by atoms with Gasteiger partial charge in [-0.1, -0.05) is 29.0 Å². The van der Waals surface area contributed by atoms with E-state index in [2.05, 4.69) is 10.3 Å². The summed E-state index contributed by atoms with van der Waals surface area (Å²) in [6, 6.07) is 8.18. The lowest BCUT2D eigenvalue weighted by atomic mass is 10.2. The summed E-state index contributed by atoms with van der Waals surface area (Å²) in [4.78, 5) is 16.0. The number of sulfone groups is 1. The van der Waals surface area contributed by atoms with Crippen LogP contribution in [0.4, 0.5) is 13.9 Å². The Balaban J connectivity index is 1.67. The predicted molar refractivity (Wildman–Crippen MR) is 96.0 cm³/mol. The number of hydrogen-bond donors (Lipinski definition) is 1. The highest BCUT2D eigenvalue weighted by atomic mass is 32.2. The Bertz CT molecular complexity index is 1080. The van der Waals surface area contributed by atoms with Crippen LogP contribution in [0.1, 0.15) is 12.0 Å². The third-order valence-electron chi connectivity index (χ3n) is 3.64. The highest BCUT2D eigenvalue weighted by Crippen LogP contribution is 2.28. The molecule has 0 fully saturated rings. The molecule has 0 unspecified atom stereocenters. The number of aryl methyl sites for hydroxylation is 1. The Morgan fingerprint density at radius 3 is 2.58 bits per heavy atom. The van der Waals surface area contributed by atoms with Gasteiger partial charge in [-0.15, -0.1) is 0 Å². The quantitative estimate of drug-likeness (QED) is 0.714. The number of nitrogens with one attached hydrogen (secondary N) is 1. The van der Waals surface area contributed by atoms with Gasteiger partial charge in [-0.05, 0) is 25.1 Å². The van der Waals surface area contributed by atoms with Crippen molar-refractivity contribution in [1.82, 2.24) is 4.98 Å². The topological polar surface area (TPSA) is 76.1 Å². The number of aromatic nitrogens is 1. The van der Waals surface area contributed by atoms with Crippen molar-refractivity contribution in [3.05, 3.63) is 53.6 Å². The molecule has 1 amide bonds. The molecule has 0 saturated carbocycles. The summed E-state index contributed by atoms with van der Waals surface area (Å²) in [6.45, 7) is 1.84. The van der Waals surface area contributed by atoms with E-state index >= 15 is 0 Å². The monoisotopic (exact) mass is 396 g/mol. The third kappa shape index (κ3) is 4.05. The fourth-order valence-electron chi connectivity index (χ4n) is 2.28. The van der Waals surface area contributed by atoms with Gasteiger partial charge < -0.3 is 5.32 Å². The molecule has 1 N–H and O–H groups in total. The maximum absolute atomic E-state index is 13.6. The number of anilines is 1. The van der Waals surface area contributed by atoms with E-state index in [0.717, 1.165) is 23.0 Å². The maximum Gasteiger partial charge on any atom is 0.227 e. The molecule has 3 aromatic rings. The summed E-state index contributed by atoms with van der Waals surface area (Å²) >= 11 is 0.913. The molecule has 1 aromatic heterocycles. The molecule has 136 valence electrons. The zero-order chi connectivity index (χ0) is 18.9. The molecule has 26 heavy (non-hydrogen) atoms. The summed E-state index contributed by atoms with van der Waals surface area (Å²) in [5, 5.41) is 2.51. The molecule has 0 bridgehead atoms. The zero-order valence-electron chi connectivity index (χ0n) is 13.6. The molecule has 2 aromatic carbocycles. The second-order valence-electron chi connectivity index (χ2n) is 5.68. The van der Waals surface area contributed by atoms with Crippen molar-refractivity contribution in [2.24, 2.45) is 0 Å². The van der Waals surface area contributed by atoms with E-state index in [1.54, 1.807) is 12.1 Å². The van der Waals surface area contributed by atoms with Gasteiger partial charge in [0.15, 0.2) is 20.8 Å². The molecule has 0 aliphatic heterocycles. The number of fused-ring (bicyclic) bond motifs is 1. The van der Waals surface area contributed by atoms with Gasteiger partial charge in [-0.25, -0.2) is 22.2 Å². The number of rotatable bonds is 5. The molecule has 9 heteroatoms. The lowest BCUT2D eigenvalue weighted by Gasteiger charge is -2.05. The van der Waals surface area contributed by atoms with Crippen LogP contribution < -0.4 is 5.32 Å². The van der Waals surface area contributed by atoms with Gasteiger partial charge in [0.25, 0.3) is 0 Å². The number of amides is 1. The van der Waals surface area contributed by atoms with Gasteiger partial charge in [0, 0.05) is 12.5 Å². The SMILES string of the molecule is Cc1ccc(S(=O)(=O)CCC(=O)Nc2nc3c(F)cc(F)cc3s2)cc1. The average molecular weight is 396 g/mol. The van der Waals surface area contributed by atoms with E-state index in [1.807, 2.05) is 6.92 Å². The van der Waals surface area contributed by atoms with Gasteiger partial charge >= 0.3 is 0 Å². The number of carbonyl (C=O) groups excluding carboxylic acids is 1. The van der Waals surface area contributed by atoms with Crippen molar-refractivity contribution < 1.29 is 22.0 Å². The van der Waals surface area contributed by atoms with E-state index in [0.29, 0.717) is 6.07 Å². The van der Waals surface area contributed by atoms with Crippen molar-refractivity contribution >= 4 is 42.4 Å². The Morgan fingerprint density at radius 1 is 1.19 bits per heavy atom. The van der Waals surface area contributed by atoms with Crippen molar-refractivity contribution in [1.29, 1.82) is 0 Å². The first-order valence-electron chi connectivity index (χ1n) is 7.59. The average Bonchev–Trinajstić information content (AvgIpc) is 2.96. The second-order valence-corrected chi connectivity index (χ2v) is 8.82. The minimum atomic E-state index is -3.59. The molecule has 0 saturated heterocycles. The number of halogens is 2. The van der Waals surface area contributed by atoms with Crippen LogP contribution in [0.15, 0.2) is 41.3 Å². The van der Waals surface area contributed by atoms with E-state index < -0.39 is 27.4 Å². The number of benzene rings is 2. The van der Waals surface area contributed by atoms with Crippen LogP contribution in [0, 0.1) is 18.6 Å². The van der Waals surface area contributed by atoms with Gasteiger partial charge in [-0.3, -0.25) is 4.79 Å². The largest absolute Gasteiger partial charge is 0.302 e. The zero-order valence-corrected chi connectivity index (χ0v) is 15.3. The highest BCUT2D eigenvalue weighted by molar-refractivity contribution is 7.91. The lowest BCUT2D eigenvalue weighted by molar-refractivity contribution is -0.115. The summed E-state index contributed by atoms with van der Waals surface area (Å²) in [7, 11) is -3.59. The molecular formula is C17H14F2N2O3S2. The Hall–Kier alpha value is -2.39. The van der Waals surface area contributed by atoms with Gasteiger partial charge in [-0.2, -0.15) is 0 Å². The van der Waals surface area contributed by atoms with Crippen LogP contribution >= 0.6 is 11.3 Å². The summed E-state index contributed by atoms with van der Waals surface area (Å²) < 4.78 is 51.6. The minimum Gasteiger partial charge on any atom is -0.302 e. The first kappa shape index (κ1) is 18.4. The Kier molecular flexibility index (Phi) is 5.01. The molecule has 0 aliphatic carbocycles. The Morgan fingerprint density at radius 2 is 1.88 bits per heavy atom. The second kappa shape index (κ2) is 7.08. The van der Waals surface area contributed by atoms with Crippen LogP contribution in [0.3, 0.4) is 0 Å². The molecule has 0 aliphatic rings. The molecular weight excluding hydrogens is 382 g/mol. The normalized spacial score (nSPS) is 11.7. The predicted octanol–water partition coefficient (Wildman–Crippen LogP) is 3.69. The van der Waals surface area contributed by atoms with Crippen LogP contribution in [0.2, 0.25) is 0 Å². The standard InChI is InChI=1S/C17H14F2N2O3S2/c1-10-2-4-12(5-3-10)26(23,24)7-6-15(22)20-17-21-16-13(19)8-11(18)9-14(16)25-17/h2-5,8-9H,6-7H2,1H3,(H,20,21,22). The number of nitrogens with zero attached hydrogens (tertiary/aromatic N) is 1. The van der Waals surface area contributed by atoms with E-state index in [1.165, 1.54) is 12.1 Å². The molecule has 1 heterocycles. The summed E-state index contributed by atoms with van der Waals surface area (Å²) in [5.41, 5.74) is 0.889. The smallest absolute Gasteiger partial charge is 0.227 e. The van der Waals surface area contributed by atoms with Crippen molar-refractivity contribution in [3.63, 3.8) is 0 Å². The Labute approximate surface area is 152 Å². The number of thiazole rings is 1. The minimum absolute atomic E-state index is 0.0426. The van der Waals surface area contributed by atoms with Gasteiger partial charge in [0.2, 0.25) is 5.91 Å². The van der Waals surface area contributed by atoms with Gasteiger partial charge in [0.1, 0.15) is 11.3 Å².